The Bertz CT molecular complexity index is 1160. The lowest BCUT2D eigenvalue weighted by Crippen LogP contribution is -2.50. The maximum absolute atomic E-state index is 13.4. The number of hydrogen-bond acceptors (Lipinski definition) is 4. The maximum Gasteiger partial charge on any atom is 0.241 e. The summed E-state index contributed by atoms with van der Waals surface area (Å²) in [6, 6.07) is 15.1. The highest BCUT2D eigenvalue weighted by atomic mass is 35.5. The standard InChI is InChI=1S/C22H23ClN4O3S/c23-22-24-12-15-26(22)14-11-20(25-31(29,30)19-8-2-1-3-9-19)21(28)27-13-10-17-6-4-5-7-18(17)16-27/h1-9,12,15,20,25H,10-11,13-14,16H2. The van der Waals surface area contributed by atoms with Gasteiger partial charge in [-0.25, -0.2) is 13.4 Å². The molecule has 2 aromatic carbocycles. The fourth-order valence-corrected chi connectivity index (χ4v) is 5.18. The van der Waals surface area contributed by atoms with Gasteiger partial charge in [0.15, 0.2) is 0 Å². The molecular weight excluding hydrogens is 436 g/mol. The summed E-state index contributed by atoms with van der Waals surface area (Å²) in [5.74, 6) is -0.245. The molecular formula is C22H23ClN4O3S. The summed E-state index contributed by atoms with van der Waals surface area (Å²) in [5.41, 5.74) is 2.31. The fourth-order valence-electron chi connectivity index (χ4n) is 3.74. The minimum absolute atomic E-state index is 0.123. The van der Waals surface area contributed by atoms with Crippen molar-refractivity contribution in [1.29, 1.82) is 0 Å². The number of hydrogen-bond donors (Lipinski definition) is 1. The highest BCUT2D eigenvalue weighted by Gasteiger charge is 2.31. The van der Waals surface area contributed by atoms with Gasteiger partial charge < -0.3 is 9.47 Å². The zero-order chi connectivity index (χ0) is 21.8. The van der Waals surface area contributed by atoms with Gasteiger partial charge in [-0.2, -0.15) is 4.72 Å². The Hall–Kier alpha value is -2.68. The van der Waals surface area contributed by atoms with Crippen molar-refractivity contribution in [2.24, 2.45) is 0 Å². The van der Waals surface area contributed by atoms with Crippen molar-refractivity contribution < 1.29 is 13.2 Å². The maximum atomic E-state index is 13.4. The summed E-state index contributed by atoms with van der Waals surface area (Å²) in [4.78, 5) is 19.2. The predicted octanol–water partition coefficient (Wildman–Crippen LogP) is 2.86. The zero-order valence-electron chi connectivity index (χ0n) is 16.8. The Balaban J connectivity index is 1.55. The number of rotatable bonds is 7. The van der Waals surface area contributed by atoms with E-state index < -0.39 is 16.1 Å². The van der Waals surface area contributed by atoms with Crippen molar-refractivity contribution in [1.82, 2.24) is 19.2 Å². The van der Waals surface area contributed by atoms with Crippen LogP contribution in [0.25, 0.3) is 0 Å². The zero-order valence-corrected chi connectivity index (χ0v) is 18.4. The topological polar surface area (TPSA) is 84.3 Å². The monoisotopic (exact) mass is 458 g/mol. The van der Waals surface area contributed by atoms with E-state index in [-0.39, 0.29) is 17.2 Å². The van der Waals surface area contributed by atoms with Crippen LogP contribution in [-0.4, -0.2) is 41.4 Å². The van der Waals surface area contributed by atoms with Gasteiger partial charge in [0.05, 0.1) is 4.90 Å². The van der Waals surface area contributed by atoms with Crippen molar-refractivity contribution in [2.45, 2.75) is 36.9 Å². The summed E-state index contributed by atoms with van der Waals surface area (Å²) in [5, 5.41) is 0.295. The minimum atomic E-state index is -3.86. The molecule has 2 heterocycles. The van der Waals surface area contributed by atoms with E-state index >= 15 is 0 Å². The molecule has 7 nitrogen and oxygen atoms in total. The van der Waals surface area contributed by atoms with Crippen LogP contribution in [-0.2, 0) is 34.3 Å². The summed E-state index contributed by atoms with van der Waals surface area (Å²) < 4.78 is 30.2. The molecule has 1 aliphatic heterocycles. The molecule has 162 valence electrons. The molecule has 4 rings (SSSR count). The van der Waals surface area contributed by atoms with Crippen LogP contribution in [0.2, 0.25) is 5.28 Å². The minimum Gasteiger partial charge on any atom is -0.337 e. The molecule has 0 fully saturated rings. The second-order valence-electron chi connectivity index (χ2n) is 7.44. The van der Waals surface area contributed by atoms with Gasteiger partial charge in [-0.1, -0.05) is 42.5 Å². The molecule has 0 bridgehead atoms. The van der Waals surface area contributed by atoms with Gasteiger partial charge in [-0.3, -0.25) is 4.79 Å². The van der Waals surface area contributed by atoms with Gasteiger partial charge in [-0.15, -0.1) is 0 Å². The second-order valence-corrected chi connectivity index (χ2v) is 9.50. The number of halogens is 1. The van der Waals surface area contributed by atoms with E-state index in [0.717, 1.165) is 12.0 Å². The number of nitrogens with zero attached hydrogens (tertiary/aromatic N) is 3. The van der Waals surface area contributed by atoms with Crippen LogP contribution in [0.15, 0.2) is 71.9 Å². The molecule has 1 atom stereocenters. The third kappa shape index (κ3) is 4.98. The van der Waals surface area contributed by atoms with Gasteiger partial charge in [0.2, 0.25) is 21.2 Å². The van der Waals surface area contributed by atoms with E-state index in [1.54, 1.807) is 40.1 Å². The van der Waals surface area contributed by atoms with E-state index in [2.05, 4.69) is 15.8 Å². The average molecular weight is 459 g/mol. The fraction of sp³-hybridized carbons (Fsp3) is 0.273. The van der Waals surface area contributed by atoms with Crippen molar-refractivity contribution in [3.05, 3.63) is 83.4 Å². The molecule has 3 aromatic rings. The summed E-state index contributed by atoms with van der Waals surface area (Å²) in [6.07, 6.45) is 4.26. The predicted molar refractivity (Wildman–Crippen MR) is 118 cm³/mol. The van der Waals surface area contributed by atoms with Crippen LogP contribution < -0.4 is 4.72 Å². The highest BCUT2D eigenvalue weighted by molar-refractivity contribution is 7.89. The Morgan fingerprint density at radius 1 is 1.10 bits per heavy atom. The Morgan fingerprint density at radius 2 is 1.81 bits per heavy atom. The number of benzene rings is 2. The van der Waals surface area contributed by atoms with E-state index in [1.165, 1.54) is 17.7 Å². The van der Waals surface area contributed by atoms with Crippen molar-refractivity contribution in [3.63, 3.8) is 0 Å². The molecule has 0 radical (unpaired) electrons. The van der Waals surface area contributed by atoms with Crippen molar-refractivity contribution >= 4 is 27.5 Å². The molecule has 1 aliphatic rings. The lowest BCUT2D eigenvalue weighted by atomic mass is 9.99. The number of nitrogens with one attached hydrogen (secondary N) is 1. The lowest BCUT2D eigenvalue weighted by molar-refractivity contribution is -0.134. The number of aryl methyl sites for hydroxylation is 1. The van der Waals surface area contributed by atoms with Crippen molar-refractivity contribution in [3.8, 4) is 0 Å². The van der Waals surface area contributed by atoms with Gasteiger partial charge >= 0.3 is 0 Å². The molecule has 0 aliphatic carbocycles. The van der Waals surface area contributed by atoms with Gasteiger partial charge in [-0.05, 0) is 47.7 Å². The molecule has 1 amide bonds. The number of sulfonamides is 1. The Labute approximate surface area is 186 Å². The third-order valence-corrected chi connectivity index (χ3v) is 7.22. The summed E-state index contributed by atoms with van der Waals surface area (Å²) in [7, 11) is -3.86. The first kappa shape index (κ1) is 21.5. The van der Waals surface area contributed by atoms with Crippen LogP contribution in [0.1, 0.15) is 17.5 Å². The molecule has 0 saturated heterocycles. The smallest absolute Gasteiger partial charge is 0.241 e. The van der Waals surface area contributed by atoms with Gasteiger partial charge in [0.25, 0.3) is 0 Å². The number of aromatic nitrogens is 2. The molecule has 1 unspecified atom stereocenters. The normalized spacial score (nSPS) is 14.8. The van der Waals surface area contributed by atoms with E-state index in [0.29, 0.717) is 24.9 Å². The number of imidazole rings is 1. The van der Waals surface area contributed by atoms with Crippen LogP contribution in [0, 0.1) is 0 Å². The van der Waals surface area contributed by atoms with Crippen molar-refractivity contribution in [2.75, 3.05) is 6.54 Å². The largest absolute Gasteiger partial charge is 0.337 e. The third-order valence-electron chi connectivity index (χ3n) is 5.41. The molecule has 1 aromatic heterocycles. The number of amides is 1. The molecule has 0 saturated carbocycles. The summed E-state index contributed by atoms with van der Waals surface area (Å²) >= 11 is 6.05. The van der Waals surface area contributed by atoms with E-state index in [4.69, 9.17) is 11.6 Å². The van der Waals surface area contributed by atoms with Crippen LogP contribution in [0.3, 0.4) is 0 Å². The Morgan fingerprint density at radius 3 is 2.52 bits per heavy atom. The van der Waals surface area contributed by atoms with Gasteiger partial charge in [0.1, 0.15) is 6.04 Å². The molecule has 0 spiro atoms. The van der Waals surface area contributed by atoms with E-state index in [1.807, 2.05) is 18.2 Å². The second kappa shape index (κ2) is 9.21. The lowest BCUT2D eigenvalue weighted by Gasteiger charge is -2.32. The highest BCUT2D eigenvalue weighted by Crippen LogP contribution is 2.20. The number of fused-ring (bicyclic) bond motifs is 1. The quantitative estimate of drug-likeness (QED) is 0.590. The molecule has 1 N–H and O–H groups in total. The first-order valence-corrected chi connectivity index (χ1v) is 11.9. The number of carbonyl (C=O) groups excluding carboxylic acids is 1. The van der Waals surface area contributed by atoms with Crippen LogP contribution in [0.4, 0.5) is 0 Å². The molecule has 31 heavy (non-hydrogen) atoms. The van der Waals surface area contributed by atoms with Crippen LogP contribution in [0.5, 0.6) is 0 Å². The SMILES string of the molecule is O=C(C(CCn1ccnc1Cl)NS(=O)(=O)c1ccccc1)N1CCc2ccccc2C1. The van der Waals surface area contributed by atoms with E-state index in [9.17, 15) is 13.2 Å². The number of carbonyl (C=O) groups is 1. The first-order chi connectivity index (χ1) is 14.9. The van der Waals surface area contributed by atoms with Crippen LogP contribution >= 0.6 is 11.6 Å². The average Bonchev–Trinajstić information content (AvgIpc) is 3.21. The van der Waals surface area contributed by atoms with Gasteiger partial charge in [0, 0.05) is 32.0 Å². The Kier molecular flexibility index (Phi) is 6.41. The summed E-state index contributed by atoms with van der Waals surface area (Å²) in [6.45, 7) is 1.37. The molecule has 9 heteroatoms. The first-order valence-electron chi connectivity index (χ1n) is 10.0.